The Morgan fingerprint density at radius 2 is 1.78 bits per heavy atom. The summed E-state index contributed by atoms with van der Waals surface area (Å²) in [6.07, 6.45) is 7.47. The van der Waals surface area contributed by atoms with Crippen molar-refractivity contribution in [2.24, 2.45) is 11.1 Å². The predicted molar refractivity (Wildman–Crippen MR) is 75.9 cm³/mol. The summed E-state index contributed by atoms with van der Waals surface area (Å²) in [4.78, 5) is 0. The maximum atomic E-state index is 5.97. The van der Waals surface area contributed by atoms with Crippen LogP contribution in [0.1, 0.15) is 44.6 Å². The van der Waals surface area contributed by atoms with Crippen LogP contribution in [0.15, 0.2) is 24.3 Å². The van der Waals surface area contributed by atoms with Crippen molar-refractivity contribution in [1.29, 1.82) is 0 Å². The van der Waals surface area contributed by atoms with Gasteiger partial charge in [-0.25, -0.2) is 0 Å². The van der Waals surface area contributed by atoms with Crippen molar-refractivity contribution in [1.82, 2.24) is 0 Å². The molecule has 2 N–H and O–H groups in total. The molecule has 1 aliphatic carbocycles. The molecule has 1 saturated carbocycles. The third-order valence-electron chi connectivity index (χ3n) is 4.22. The second-order valence-corrected chi connectivity index (χ2v) is 5.55. The average molecular weight is 247 g/mol. The summed E-state index contributed by atoms with van der Waals surface area (Å²) >= 11 is 0. The molecular formula is C16H25NO. The van der Waals surface area contributed by atoms with E-state index in [-0.39, 0.29) is 5.41 Å². The Balaban J connectivity index is 1.92. The molecule has 1 aliphatic rings. The van der Waals surface area contributed by atoms with Crippen LogP contribution in [0, 0.1) is 5.41 Å². The van der Waals surface area contributed by atoms with E-state index < -0.39 is 0 Å². The smallest absolute Gasteiger partial charge is 0.119 e. The van der Waals surface area contributed by atoms with Gasteiger partial charge in [-0.1, -0.05) is 38.3 Å². The largest absolute Gasteiger partial charge is 0.493 e. The van der Waals surface area contributed by atoms with Gasteiger partial charge in [-0.05, 0) is 37.0 Å². The van der Waals surface area contributed by atoms with E-state index in [0.29, 0.717) is 0 Å². The molecule has 0 heterocycles. The van der Waals surface area contributed by atoms with Crippen molar-refractivity contribution in [2.75, 3.05) is 13.2 Å². The summed E-state index contributed by atoms with van der Waals surface area (Å²) in [7, 11) is 0. The molecule has 0 atom stereocenters. The summed E-state index contributed by atoms with van der Waals surface area (Å²) in [6.45, 7) is 3.69. The maximum Gasteiger partial charge on any atom is 0.119 e. The van der Waals surface area contributed by atoms with Gasteiger partial charge in [-0.15, -0.1) is 0 Å². The molecule has 1 aromatic carbocycles. The van der Waals surface area contributed by atoms with E-state index in [0.717, 1.165) is 25.3 Å². The van der Waals surface area contributed by atoms with Gasteiger partial charge in [0.1, 0.15) is 5.75 Å². The lowest BCUT2D eigenvalue weighted by Gasteiger charge is -2.35. The van der Waals surface area contributed by atoms with Crippen molar-refractivity contribution in [2.45, 2.75) is 45.4 Å². The maximum absolute atomic E-state index is 5.97. The van der Waals surface area contributed by atoms with Crippen molar-refractivity contribution in [3.63, 3.8) is 0 Å². The molecule has 2 nitrogen and oxygen atoms in total. The van der Waals surface area contributed by atoms with Crippen LogP contribution >= 0.6 is 0 Å². The molecule has 0 spiro atoms. The van der Waals surface area contributed by atoms with Gasteiger partial charge in [0.15, 0.2) is 0 Å². The number of rotatable bonds is 5. The topological polar surface area (TPSA) is 35.2 Å². The van der Waals surface area contributed by atoms with Crippen LogP contribution in [0.25, 0.3) is 0 Å². The Labute approximate surface area is 111 Å². The van der Waals surface area contributed by atoms with E-state index in [9.17, 15) is 0 Å². The molecule has 0 saturated heterocycles. The first kappa shape index (κ1) is 13.4. The molecule has 18 heavy (non-hydrogen) atoms. The Hall–Kier alpha value is -1.02. The molecule has 0 amide bonds. The van der Waals surface area contributed by atoms with Crippen molar-refractivity contribution in [3.05, 3.63) is 29.8 Å². The predicted octanol–water partition coefficient (Wildman–Crippen LogP) is 3.54. The lowest BCUT2D eigenvalue weighted by molar-refractivity contribution is 0.105. The molecule has 1 fully saturated rings. The summed E-state index contributed by atoms with van der Waals surface area (Å²) in [5.41, 5.74) is 7.55. The monoisotopic (exact) mass is 247 g/mol. The Bertz CT molecular complexity index is 352. The van der Waals surface area contributed by atoms with Crippen molar-refractivity contribution >= 4 is 0 Å². The third-order valence-corrected chi connectivity index (χ3v) is 4.22. The molecule has 0 radical (unpaired) electrons. The van der Waals surface area contributed by atoms with Gasteiger partial charge in [0.25, 0.3) is 0 Å². The summed E-state index contributed by atoms with van der Waals surface area (Å²) in [6, 6.07) is 8.44. The van der Waals surface area contributed by atoms with E-state index in [1.165, 1.54) is 37.7 Å². The first-order chi connectivity index (χ1) is 8.78. The van der Waals surface area contributed by atoms with Crippen LogP contribution in [0.4, 0.5) is 0 Å². The fourth-order valence-electron chi connectivity index (χ4n) is 2.77. The van der Waals surface area contributed by atoms with E-state index >= 15 is 0 Å². The minimum absolute atomic E-state index is 0.224. The van der Waals surface area contributed by atoms with E-state index in [1.807, 2.05) is 0 Å². The highest BCUT2D eigenvalue weighted by atomic mass is 16.5. The minimum Gasteiger partial charge on any atom is -0.493 e. The van der Waals surface area contributed by atoms with Crippen molar-refractivity contribution in [3.8, 4) is 5.75 Å². The number of benzene rings is 1. The highest BCUT2D eigenvalue weighted by molar-refractivity contribution is 5.27. The number of aryl methyl sites for hydroxylation is 1. The lowest BCUT2D eigenvalue weighted by Crippen LogP contribution is -2.38. The molecular weight excluding hydrogens is 222 g/mol. The fourth-order valence-corrected chi connectivity index (χ4v) is 2.77. The van der Waals surface area contributed by atoms with Crippen LogP contribution in [-0.2, 0) is 6.42 Å². The zero-order chi connectivity index (χ0) is 12.8. The number of hydrogen-bond acceptors (Lipinski definition) is 2. The second kappa shape index (κ2) is 6.24. The van der Waals surface area contributed by atoms with E-state index in [1.54, 1.807) is 0 Å². The number of hydrogen-bond donors (Lipinski definition) is 1. The minimum atomic E-state index is 0.224. The van der Waals surface area contributed by atoms with Gasteiger partial charge in [0.05, 0.1) is 6.61 Å². The number of ether oxygens (including phenoxy) is 1. The second-order valence-electron chi connectivity index (χ2n) is 5.55. The van der Waals surface area contributed by atoms with E-state index in [4.69, 9.17) is 10.5 Å². The lowest BCUT2D eigenvalue weighted by atomic mass is 9.75. The quantitative estimate of drug-likeness (QED) is 0.863. The fraction of sp³-hybridized carbons (Fsp3) is 0.625. The Morgan fingerprint density at radius 3 is 2.33 bits per heavy atom. The van der Waals surface area contributed by atoms with Gasteiger partial charge < -0.3 is 10.5 Å². The Morgan fingerprint density at radius 1 is 1.11 bits per heavy atom. The molecule has 2 rings (SSSR count). The van der Waals surface area contributed by atoms with Crippen LogP contribution in [0.2, 0.25) is 0 Å². The third kappa shape index (κ3) is 3.26. The first-order valence-electron chi connectivity index (χ1n) is 7.20. The molecule has 1 aromatic rings. The van der Waals surface area contributed by atoms with Crippen LogP contribution in [-0.4, -0.2) is 13.2 Å². The van der Waals surface area contributed by atoms with Gasteiger partial charge in [-0.3, -0.25) is 0 Å². The average Bonchev–Trinajstić information content (AvgIpc) is 2.47. The number of nitrogens with two attached hydrogens (primary N) is 1. The van der Waals surface area contributed by atoms with Gasteiger partial charge in [0.2, 0.25) is 0 Å². The molecule has 0 aliphatic heterocycles. The van der Waals surface area contributed by atoms with Crippen LogP contribution in [0.5, 0.6) is 5.75 Å². The summed E-state index contributed by atoms with van der Waals surface area (Å²) < 4.78 is 5.96. The van der Waals surface area contributed by atoms with Crippen LogP contribution in [0.3, 0.4) is 0 Å². The molecule has 0 aromatic heterocycles. The SMILES string of the molecule is CCc1ccc(OCC2(CN)CCCCC2)cc1. The normalized spacial score (nSPS) is 18.6. The molecule has 2 heteroatoms. The Kier molecular flexibility index (Phi) is 4.65. The molecule has 0 bridgehead atoms. The van der Waals surface area contributed by atoms with Gasteiger partial charge in [0, 0.05) is 12.0 Å². The summed E-state index contributed by atoms with van der Waals surface area (Å²) in [5.74, 6) is 0.977. The van der Waals surface area contributed by atoms with E-state index in [2.05, 4.69) is 31.2 Å². The summed E-state index contributed by atoms with van der Waals surface area (Å²) in [5, 5.41) is 0. The standard InChI is InChI=1S/C16H25NO/c1-2-14-6-8-15(9-7-14)18-13-16(12-17)10-4-3-5-11-16/h6-9H,2-5,10-13,17H2,1H3. The zero-order valence-corrected chi connectivity index (χ0v) is 11.5. The highest BCUT2D eigenvalue weighted by Crippen LogP contribution is 2.35. The van der Waals surface area contributed by atoms with Gasteiger partial charge in [-0.2, -0.15) is 0 Å². The molecule has 0 unspecified atom stereocenters. The van der Waals surface area contributed by atoms with Crippen LogP contribution < -0.4 is 10.5 Å². The van der Waals surface area contributed by atoms with Crippen molar-refractivity contribution < 1.29 is 4.74 Å². The van der Waals surface area contributed by atoms with Gasteiger partial charge >= 0.3 is 0 Å². The first-order valence-corrected chi connectivity index (χ1v) is 7.20. The highest BCUT2D eigenvalue weighted by Gasteiger charge is 2.31. The molecule has 100 valence electrons. The zero-order valence-electron chi connectivity index (χ0n) is 11.5.